The molecule has 0 fully saturated rings. The van der Waals surface area contributed by atoms with Gasteiger partial charge < -0.3 is 28.5 Å². The molecule has 0 aromatic heterocycles. The monoisotopic (exact) mass is 1300 g/mol. The molecule has 9 heteroatoms. The Labute approximate surface area is 575 Å². The lowest BCUT2D eigenvalue weighted by atomic mass is 10.0. The first-order valence-corrected chi connectivity index (χ1v) is 39.1. The second-order valence-corrected chi connectivity index (χ2v) is 27.3. The second-order valence-electron chi connectivity index (χ2n) is 27.3. The molecule has 2 unspecified atom stereocenters. The summed E-state index contributed by atoms with van der Waals surface area (Å²) in [6, 6.07) is 0. The fourth-order valence-corrected chi connectivity index (χ4v) is 11.1. The highest BCUT2D eigenvalue weighted by molar-refractivity contribution is 5.71. The van der Waals surface area contributed by atoms with E-state index in [1.807, 2.05) is 21.1 Å². The van der Waals surface area contributed by atoms with E-state index in [4.69, 9.17) is 18.9 Å². The van der Waals surface area contributed by atoms with Gasteiger partial charge in [-0.05, 0) is 103 Å². The van der Waals surface area contributed by atoms with Crippen molar-refractivity contribution in [2.75, 3.05) is 47.5 Å². The summed E-state index contributed by atoms with van der Waals surface area (Å²) in [4.78, 5) is 37.7. The first kappa shape index (κ1) is 89.0. The van der Waals surface area contributed by atoms with E-state index in [-0.39, 0.29) is 32.2 Å². The van der Waals surface area contributed by atoms with E-state index in [9.17, 15) is 19.5 Å². The van der Waals surface area contributed by atoms with Gasteiger partial charge in [-0.15, -0.1) is 0 Å². The molecule has 536 valence electrons. The van der Waals surface area contributed by atoms with Crippen molar-refractivity contribution < 1.29 is 42.9 Å². The summed E-state index contributed by atoms with van der Waals surface area (Å²) in [5.41, 5.74) is 0. The van der Waals surface area contributed by atoms with Gasteiger partial charge in [-0.3, -0.25) is 9.59 Å². The fraction of sp³-hybridized carbons (Fsp3) is 0.750. The van der Waals surface area contributed by atoms with Gasteiger partial charge in [0.2, 0.25) is 0 Å². The van der Waals surface area contributed by atoms with Crippen molar-refractivity contribution in [2.45, 2.75) is 360 Å². The predicted molar refractivity (Wildman–Crippen MR) is 401 cm³/mol. The molecule has 0 aromatic carbocycles. The molecule has 0 aliphatic carbocycles. The number of unbranched alkanes of at least 4 members (excludes halogenated alkanes) is 39. The minimum Gasteiger partial charge on any atom is -0.477 e. The third-order valence-electron chi connectivity index (χ3n) is 17.0. The summed E-state index contributed by atoms with van der Waals surface area (Å²) in [6.45, 7) is 4.76. The Morgan fingerprint density at radius 1 is 0.333 bits per heavy atom. The Bertz CT molecular complexity index is 1900. The molecule has 0 aliphatic heterocycles. The largest absolute Gasteiger partial charge is 0.477 e. The summed E-state index contributed by atoms with van der Waals surface area (Å²) < 4.78 is 23.0. The molecule has 0 aromatic rings. The lowest BCUT2D eigenvalue weighted by molar-refractivity contribution is -0.870. The minimum absolute atomic E-state index is 0.180. The maximum Gasteiger partial charge on any atom is 0.361 e. The van der Waals surface area contributed by atoms with Crippen LogP contribution in [0.15, 0.2) is 109 Å². The van der Waals surface area contributed by atoms with Crippen LogP contribution in [0.2, 0.25) is 0 Å². The first-order chi connectivity index (χ1) is 45.6. The predicted octanol–water partition coefficient (Wildman–Crippen LogP) is 24.9. The quantitative estimate of drug-likeness (QED) is 0.0211. The van der Waals surface area contributed by atoms with Gasteiger partial charge in [0, 0.05) is 12.8 Å². The normalized spacial score (nSPS) is 13.3. The number of carbonyl (C=O) groups is 3. The SMILES string of the molecule is CC/C=C\C/C=C\C/C=C\C/C=C\C/C=C\C/C=C\C/C=C\CCCCCCCC(=O)OC(COC(=O)CCCCCCCCCCCCCCCCCCCCCCCCCCCCCCC/C=C\C/C=C\CCCCCCC)COC(OCC[N+](C)(C)C)C(=O)O. The molecule has 0 saturated carbocycles. The van der Waals surface area contributed by atoms with E-state index in [2.05, 4.69) is 123 Å². The number of carbonyl (C=O) groups excluding carboxylic acids is 2. The van der Waals surface area contributed by atoms with Crippen molar-refractivity contribution in [1.82, 2.24) is 0 Å². The Morgan fingerprint density at radius 3 is 0.914 bits per heavy atom. The minimum atomic E-state index is -1.52. The average Bonchev–Trinajstić information content (AvgIpc) is 3.38. The summed E-state index contributed by atoms with van der Waals surface area (Å²) in [7, 11) is 5.97. The number of aliphatic carboxylic acids is 1. The lowest BCUT2D eigenvalue weighted by Gasteiger charge is -2.25. The summed E-state index contributed by atoms with van der Waals surface area (Å²) in [5, 5.41) is 9.76. The Morgan fingerprint density at radius 2 is 0.613 bits per heavy atom. The van der Waals surface area contributed by atoms with Gasteiger partial charge in [0.1, 0.15) is 13.2 Å². The van der Waals surface area contributed by atoms with Crippen molar-refractivity contribution in [3.8, 4) is 0 Å². The van der Waals surface area contributed by atoms with E-state index in [1.165, 1.54) is 212 Å². The van der Waals surface area contributed by atoms with Crippen LogP contribution >= 0.6 is 0 Å². The third-order valence-corrected chi connectivity index (χ3v) is 17.0. The lowest BCUT2D eigenvalue weighted by Crippen LogP contribution is -2.40. The number of nitrogens with zero attached hydrogens (tertiary/aromatic N) is 1. The van der Waals surface area contributed by atoms with E-state index in [0.717, 1.165) is 103 Å². The van der Waals surface area contributed by atoms with Gasteiger partial charge in [-0.2, -0.15) is 0 Å². The molecule has 2 atom stereocenters. The molecule has 0 aliphatic rings. The smallest absolute Gasteiger partial charge is 0.361 e. The molecule has 0 spiro atoms. The number of hydrogen-bond donors (Lipinski definition) is 1. The molecular formula is C84H148NO8+. The van der Waals surface area contributed by atoms with E-state index in [1.54, 1.807) is 0 Å². The van der Waals surface area contributed by atoms with E-state index in [0.29, 0.717) is 23.9 Å². The standard InChI is InChI=1S/C84H147NO8/c1-6-8-10-12-14-16-18-20-22-24-26-28-30-32-34-35-36-37-38-39-40-41-42-43-44-45-46-47-49-50-52-54-56-58-60-62-64-66-68-70-72-74-81(86)91-78-80(79-92-84(83(88)89)90-77-76-85(3,4)5)93-82(87)75-73-71-69-67-65-63-61-59-57-55-53-51-48-33-31-29-27-25-23-21-19-17-15-13-11-9-7-2/h9,11,15,17-18,20-21,23-24,26-27,29,33,48,53,55,59,61,80,84H,6-8,10,12-14,16,19,22,25,28,30-32,34-47,49-52,54,56-58,60,62-79H2,1-5H3/p+1/b11-9-,17-15-,20-18-,23-21-,26-24-,29-27-,48-33-,55-53-,61-59-. The zero-order valence-corrected chi connectivity index (χ0v) is 61.4. The van der Waals surface area contributed by atoms with Crippen LogP contribution in [0.5, 0.6) is 0 Å². The molecule has 9 nitrogen and oxygen atoms in total. The molecular weight excluding hydrogens is 1150 g/mol. The summed E-state index contributed by atoms with van der Waals surface area (Å²) in [6.07, 6.45) is 101. The van der Waals surface area contributed by atoms with Gasteiger partial charge in [-0.25, -0.2) is 4.79 Å². The number of carboxylic acid groups (broad SMARTS) is 1. The highest BCUT2D eigenvalue weighted by Gasteiger charge is 2.25. The topological polar surface area (TPSA) is 108 Å². The average molecular weight is 1300 g/mol. The molecule has 93 heavy (non-hydrogen) atoms. The highest BCUT2D eigenvalue weighted by Crippen LogP contribution is 2.19. The van der Waals surface area contributed by atoms with Gasteiger partial charge in [0.25, 0.3) is 6.29 Å². The van der Waals surface area contributed by atoms with Gasteiger partial charge in [0.15, 0.2) is 6.10 Å². The van der Waals surface area contributed by atoms with Crippen molar-refractivity contribution in [3.05, 3.63) is 109 Å². The van der Waals surface area contributed by atoms with Crippen LogP contribution in [0.1, 0.15) is 348 Å². The Balaban J connectivity index is 4.01. The molecule has 0 radical (unpaired) electrons. The molecule has 0 rings (SSSR count). The van der Waals surface area contributed by atoms with Crippen molar-refractivity contribution in [3.63, 3.8) is 0 Å². The molecule has 0 saturated heterocycles. The first-order valence-electron chi connectivity index (χ1n) is 39.1. The van der Waals surface area contributed by atoms with Crippen LogP contribution in [-0.2, 0) is 33.3 Å². The number of rotatable bonds is 72. The molecule has 1 N–H and O–H groups in total. The van der Waals surface area contributed by atoms with Crippen LogP contribution in [0.25, 0.3) is 0 Å². The van der Waals surface area contributed by atoms with Crippen molar-refractivity contribution in [2.24, 2.45) is 0 Å². The fourth-order valence-electron chi connectivity index (χ4n) is 11.1. The molecule has 0 amide bonds. The molecule has 0 heterocycles. The Hall–Kier alpha value is -4.05. The maximum absolute atomic E-state index is 13.0. The summed E-state index contributed by atoms with van der Waals surface area (Å²) in [5.74, 6) is -2.02. The van der Waals surface area contributed by atoms with Gasteiger partial charge in [0.05, 0.1) is 34.4 Å². The van der Waals surface area contributed by atoms with E-state index < -0.39 is 24.3 Å². The number of hydrogen-bond acceptors (Lipinski definition) is 7. The number of quaternary nitrogens is 1. The van der Waals surface area contributed by atoms with Crippen molar-refractivity contribution in [1.29, 1.82) is 0 Å². The van der Waals surface area contributed by atoms with Gasteiger partial charge in [-0.1, -0.05) is 342 Å². The molecule has 0 bridgehead atoms. The summed E-state index contributed by atoms with van der Waals surface area (Å²) >= 11 is 0. The van der Waals surface area contributed by atoms with E-state index >= 15 is 0 Å². The zero-order chi connectivity index (χ0) is 67.5. The number of likely N-dealkylation sites (N-methyl/N-ethyl adjacent to an activating group) is 1. The van der Waals surface area contributed by atoms with Crippen LogP contribution in [0.4, 0.5) is 0 Å². The van der Waals surface area contributed by atoms with Crippen LogP contribution in [-0.4, -0.2) is 87.4 Å². The Kier molecular flexibility index (Phi) is 70.5. The zero-order valence-electron chi connectivity index (χ0n) is 61.4. The maximum atomic E-state index is 13.0. The number of esters is 2. The van der Waals surface area contributed by atoms with Gasteiger partial charge >= 0.3 is 17.9 Å². The number of carboxylic acids is 1. The van der Waals surface area contributed by atoms with Crippen LogP contribution in [0, 0.1) is 0 Å². The number of ether oxygens (including phenoxy) is 4. The number of allylic oxidation sites excluding steroid dienone is 18. The van der Waals surface area contributed by atoms with Crippen LogP contribution in [0.3, 0.4) is 0 Å². The second kappa shape index (κ2) is 73.8. The third kappa shape index (κ3) is 75.2. The van der Waals surface area contributed by atoms with Crippen molar-refractivity contribution >= 4 is 17.9 Å². The van der Waals surface area contributed by atoms with Crippen LogP contribution < -0.4 is 0 Å². The highest BCUT2D eigenvalue weighted by atomic mass is 16.7.